The summed E-state index contributed by atoms with van der Waals surface area (Å²) in [6, 6.07) is 14.2. The second-order valence-electron chi connectivity index (χ2n) is 4.42. The Morgan fingerprint density at radius 1 is 1.06 bits per heavy atom. The predicted octanol–water partition coefficient (Wildman–Crippen LogP) is 3.35. The molecule has 0 aromatic heterocycles. The van der Waals surface area contributed by atoms with E-state index in [-0.39, 0.29) is 6.03 Å². The molecule has 0 unspecified atom stereocenters. The molecule has 0 radical (unpaired) electrons. The molecule has 0 spiro atoms. The van der Waals surface area contributed by atoms with Crippen molar-refractivity contribution < 1.29 is 4.79 Å². The number of nitrogens with zero attached hydrogens (tertiary/aromatic N) is 2. The number of carbonyl (C=O) groups excluding carboxylic acids is 1. The molecule has 0 aliphatic heterocycles. The molecule has 0 heterocycles. The van der Waals surface area contributed by atoms with Gasteiger partial charge in [0.2, 0.25) is 0 Å². The lowest BCUT2D eigenvalue weighted by Gasteiger charge is -2.26. The molecule has 2 aromatic carbocycles. The Bertz CT molecular complexity index is 558. The van der Waals surface area contributed by atoms with Crippen molar-refractivity contribution in [3.05, 3.63) is 42.5 Å². The van der Waals surface area contributed by atoms with Crippen LogP contribution in [-0.2, 0) is 0 Å². The predicted molar refractivity (Wildman–Crippen MR) is 76.1 cm³/mol. The summed E-state index contributed by atoms with van der Waals surface area (Å²) in [7, 11) is 3.55. The summed E-state index contributed by atoms with van der Waals surface area (Å²) in [5.74, 6) is 0. The number of hydrogen-bond donors (Lipinski definition) is 0. The molecule has 18 heavy (non-hydrogen) atoms. The Labute approximate surface area is 108 Å². The van der Waals surface area contributed by atoms with Crippen molar-refractivity contribution in [3.8, 4) is 0 Å². The number of rotatable bonds is 2. The second-order valence-corrected chi connectivity index (χ2v) is 4.42. The summed E-state index contributed by atoms with van der Waals surface area (Å²) in [4.78, 5) is 15.6. The average molecular weight is 242 g/mol. The largest absolute Gasteiger partial charge is 0.330 e. The molecule has 0 N–H and O–H groups in total. The topological polar surface area (TPSA) is 23.6 Å². The van der Waals surface area contributed by atoms with E-state index in [1.807, 2.05) is 31.2 Å². The molecule has 0 atom stereocenters. The number of carbonyl (C=O) groups is 1. The molecule has 0 aliphatic carbocycles. The fourth-order valence-electron chi connectivity index (χ4n) is 2.09. The van der Waals surface area contributed by atoms with Crippen LogP contribution in [0, 0.1) is 0 Å². The van der Waals surface area contributed by atoms with E-state index in [2.05, 4.69) is 18.2 Å². The number of benzene rings is 2. The van der Waals surface area contributed by atoms with Gasteiger partial charge in [0.05, 0.1) is 5.69 Å². The van der Waals surface area contributed by atoms with Crippen molar-refractivity contribution in [1.82, 2.24) is 4.90 Å². The maximum atomic E-state index is 12.2. The minimum Gasteiger partial charge on any atom is -0.330 e. The van der Waals surface area contributed by atoms with E-state index < -0.39 is 0 Å². The van der Waals surface area contributed by atoms with E-state index >= 15 is 0 Å². The van der Waals surface area contributed by atoms with Crippen molar-refractivity contribution in [2.75, 3.05) is 25.5 Å². The van der Waals surface area contributed by atoms with Crippen molar-refractivity contribution in [2.24, 2.45) is 0 Å². The van der Waals surface area contributed by atoms with Gasteiger partial charge in [0.1, 0.15) is 0 Å². The van der Waals surface area contributed by atoms with E-state index in [0.717, 1.165) is 16.5 Å². The van der Waals surface area contributed by atoms with Crippen LogP contribution in [0.5, 0.6) is 0 Å². The van der Waals surface area contributed by atoms with Crippen LogP contribution in [0.1, 0.15) is 6.92 Å². The van der Waals surface area contributed by atoms with Gasteiger partial charge in [0.15, 0.2) is 0 Å². The van der Waals surface area contributed by atoms with Gasteiger partial charge in [-0.1, -0.05) is 36.4 Å². The highest BCUT2D eigenvalue weighted by molar-refractivity contribution is 6.02. The number of amides is 2. The fourth-order valence-corrected chi connectivity index (χ4v) is 2.09. The Morgan fingerprint density at radius 2 is 1.72 bits per heavy atom. The van der Waals surface area contributed by atoms with Crippen LogP contribution in [0.3, 0.4) is 0 Å². The highest BCUT2D eigenvalue weighted by Crippen LogP contribution is 2.27. The third kappa shape index (κ3) is 2.16. The molecule has 0 saturated heterocycles. The first-order valence-electron chi connectivity index (χ1n) is 6.11. The Balaban J connectivity index is 2.55. The molecule has 0 aliphatic rings. The summed E-state index contributed by atoms with van der Waals surface area (Å²) < 4.78 is 0. The molecule has 2 amide bonds. The van der Waals surface area contributed by atoms with Crippen LogP contribution < -0.4 is 4.90 Å². The number of anilines is 1. The van der Waals surface area contributed by atoms with Crippen LogP contribution in [0.15, 0.2) is 42.5 Å². The zero-order valence-corrected chi connectivity index (χ0v) is 11.1. The lowest BCUT2D eigenvalue weighted by Crippen LogP contribution is -2.39. The highest BCUT2D eigenvalue weighted by atomic mass is 16.2. The molecular weight excluding hydrogens is 224 g/mol. The number of hydrogen-bond acceptors (Lipinski definition) is 1. The first-order valence-corrected chi connectivity index (χ1v) is 6.11. The lowest BCUT2D eigenvalue weighted by molar-refractivity contribution is 0.224. The van der Waals surface area contributed by atoms with Crippen LogP contribution in [0.4, 0.5) is 10.5 Å². The van der Waals surface area contributed by atoms with E-state index in [4.69, 9.17) is 0 Å². The quantitative estimate of drug-likeness (QED) is 0.792. The maximum Gasteiger partial charge on any atom is 0.323 e. The van der Waals surface area contributed by atoms with Crippen molar-refractivity contribution >= 4 is 22.5 Å². The summed E-state index contributed by atoms with van der Waals surface area (Å²) >= 11 is 0. The van der Waals surface area contributed by atoms with E-state index in [1.54, 1.807) is 23.9 Å². The first-order chi connectivity index (χ1) is 8.65. The summed E-state index contributed by atoms with van der Waals surface area (Å²) in [5, 5.41) is 2.26. The Hall–Kier alpha value is -2.03. The molecule has 3 heteroatoms. The van der Waals surface area contributed by atoms with E-state index in [9.17, 15) is 4.79 Å². The molecular formula is C15H18N2O. The van der Waals surface area contributed by atoms with Gasteiger partial charge in [-0.2, -0.15) is 0 Å². The highest BCUT2D eigenvalue weighted by Gasteiger charge is 2.17. The van der Waals surface area contributed by atoms with Gasteiger partial charge in [0, 0.05) is 26.0 Å². The average Bonchev–Trinajstić information content (AvgIpc) is 2.39. The van der Waals surface area contributed by atoms with Gasteiger partial charge in [-0.3, -0.25) is 4.90 Å². The monoisotopic (exact) mass is 242 g/mol. The Morgan fingerprint density at radius 3 is 2.39 bits per heavy atom. The standard InChI is InChI=1S/C15H18N2O/c1-4-17(15(18)16(2)3)14-11-7-9-12-8-5-6-10-13(12)14/h5-11H,4H2,1-3H3. The van der Waals surface area contributed by atoms with Gasteiger partial charge in [0.25, 0.3) is 0 Å². The summed E-state index contributed by atoms with van der Waals surface area (Å²) in [6.45, 7) is 2.65. The van der Waals surface area contributed by atoms with Gasteiger partial charge >= 0.3 is 6.03 Å². The summed E-state index contributed by atoms with van der Waals surface area (Å²) in [5.41, 5.74) is 0.967. The molecule has 2 aromatic rings. The molecule has 94 valence electrons. The van der Waals surface area contributed by atoms with E-state index in [1.165, 1.54) is 0 Å². The van der Waals surface area contributed by atoms with E-state index in [0.29, 0.717) is 6.54 Å². The third-order valence-corrected chi connectivity index (χ3v) is 2.99. The lowest BCUT2D eigenvalue weighted by atomic mass is 10.1. The minimum absolute atomic E-state index is 0.00820. The molecule has 0 saturated carbocycles. The number of fused-ring (bicyclic) bond motifs is 1. The molecule has 0 fully saturated rings. The normalized spacial score (nSPS) is 10.4. The van der Waals surface area contributed by atoms with Crippen LogP contribution in [-0.4, -0.2) is 31.6 Å². The molecule has 2 rings (SSSR count). The smallest absolute Gasteiger partial charge is 0.323 e. The zero-order valence-electron chi connectivity index (χ0n) is 11.1. The maximum absolute atomic E-state index is 12.2. The Kier molecular flexibility index (Phi) is 3.51. The first kappa shape index (κ1) is 12.4. The molecule has 3 nitrogen and oxygen atoms in total. The van der Waals surface area contributed by atoms with Gasteiger partial charge in [-0.05, 0) is 18.4 Å². The summed E-state index contributed by atoms with van der Waals surface area (Å²) in [6.07, 6.45) is 0. The zero-order chi connectivity index (χ0) is 13.1. The number of urea groups is 1. The van der Waals surface area contributed by atoms with Crippen molar-refractivity contribution in [3.63, 3.8) is 0 Å². The molecule has 0 bridgehead atoms. The van der Waals surface area contributed by atoms with Gasteiger partial charge in [-0.15, -0.1) is 0 Å². The minimum atomic E-state index is 0.00820. The fraction of sp³-hybridized carbons (Fsp3) is 0.267. The van der Waals surface area contributed by atoms with Crippen LogP contribution in [0.2, 0.25) is 0 Å². The third-order valence-electron chi connectivity index (χ3n) is 2.99. The SMILES string of the molecule is CCN(C(=O)N(C)C)c1cccc2ccccc12. The second kappa shape index (κ2) is 5.08. The van der Waals surface area contributed by atoms with Crippen molar-refractivity contribution in [2.45, 2.75) is 6.92 Å². The van der Waals surface area contributed by atoms with Gasteiger partial charge in [-0.25, -0.2) is 4.79 Å². The van der Waals surface area contributed by atoms with Crippen LogP contribution in [0.25, 0.3) is 10.8 Å². The van der Waals surface area contributed by atoms with Gasteiger partial charge < -0.3 is 4.90 Å². The van der Waals surface area contributed by atoms with Crippen LogP contribution >= 0.6 is 0 Å². The van der Waals surface area contributed by atoms with Crippen molar-refractivity contribution in [1.29, 1.82) is 0 Å².